The number of aliphatic hydroxyl groups excluding tert-OH is 1. The second-order valence-electron chi connectivity index (χ2n) is 4.74. The molecule has 0 aromatic heterocycles. The molecule has 0 aliphatic carbocycles. The van der Waals surface area contributed by atoms with Gasteiger partial charge in [0.2, 0.25) is 0 Å². The first-order valence-electron chi connectivity index (χ1n) is 6.96. The molecular weight excluding hydrogens is 246 g/mol. The lowest BCUT2D eigenvalue weighted by atomic mass is 10.00. The van der Waals surface area contributed by atoms with E-state index >= 15 is 0 Å². The van der Waals surface area contributed by atoms with Crippen molar-refractivity contribution in [3.8, 4) is 0 Å². The Morgan fingerprint density at radius 2 is 1.80 bits per heavy atom. The van der Waals surface area contributed by atoms with Crippen molar-refractivity contribution >= 4 is 10.8 Å². The number of benzene rings is 2. The number of fused-ring (bicyclic) bond motifs is 1. The maximum atomic E-state index is 8.62. The van der Waals surface area contributed by atoms with Crippen LogP contribution in [0.1, 0.15) is 18.5 Å². The lowest BCUT2D eigenvalue weighted by Crippen LogP contribution is -2.18. The number of aliphatic hydroxyl groups is 1. The van der Waals surface area contributed by atoms with Crippen LogP contribution in [0.4, 0.5) is 0 Å². The number of hydrogen-bond acceptors (Lipinski definition) is 2. The molecule has 2 rings (SSSR count). The predicted molar refractivity (Wildman–Crippen MR) is 85.7 cm³/mol. The molecule has 0 radical (unpaired) electrons. The molecule has 104 valence electrons. The van der Waals surface area contributed by atoms with Gasteiger partial charge in [0.1, 0.15) is 0 Å². The van der Waals surface area contributed by atoms with Gasteiger partial charge in [-0.2, -0.15) is 0 Å². The summed E-state index contributed by atoms with van der Waals surface area (Å²) < 4.78 is 0. The van der Waals surface area contributed by atoms with E-state index in [4.69, 9.17) is 5.11 Å². The summed E-state index contributed by atoms with van der Waals surface area (Å²) in [7, 11) is 0. The molecule has 2 heteroatoms. The number of allylic oxidation sites excluding steroid dienone is 2. The fourth-order valence-electron chi connectivity index (χ4n) is 2.27. The van der Waals surface area contributed by atoms with Crippen molar-refractivity contribution < 1.29 is 5.11 Å². The van der Waals surface area contributed by atoms with E-state index in [9.17, 15) is 0 Å². The third-order valence-electron chi connectivity index (χ3n) is 3.32. The fraction of sp³-hybridized carbons (Fsp3) is 0.222. The SMILES string of the molecule is C[C@@H](NC/C=C/C=C/CO)c1cccc2ccccc12. The van der Waals surface area contributed by atoms with Gasteiger partial charge in [-0.25, -0.2) is 0 Å². The van der Waals surface area contributed by atoms with Gasteiger partial charge in [0.05, 0.1) is 6.61 Å². The normalized spacial score (nSPS) is 13.5. The molecule has 0 saturated heterocycles. The molecule has 20 heavy (non-hydrogen) atoms. The molecule has 0 amide bonds. The minimum atomic E-state index is 0.0875. The Bertz CT molecular complexity index is 596. The number of nitrogens with one attached hydrogen (secondary N) is 1. The maximum absolute atomic E-state index is 8.62. The predicted octanol–water partition coefficient (Wildman–Crippen LogP) is 3.60. The molecule has 2 nitrogen and oxygen atoms in total. The van der Waals surface area contributed by atoms with E-state index in [0.29, 0.717) is 6.04 Å². The molecule has 2 N–H and O–H groups in total. The van der Waals surface area contributed by atoms with Crippen molar-refractivity contribution in [1.29, 1.82) is 0 Å². The Labute approximate surface area is 120 Å². The van der Waals surface area contributed by atoms with E-state index in [-0.39, 0.29) is 6.61 Å². The van der Waals surface area contributed by atoms with Gasteiger partial charge >= 0.3 is 0 Å². The monoisotopic (exact) mass is 267 g/mol. The molecule has 2 aromatic rings. The third-order valence-corrected chi connectivity index (χ3v) is 3.32. The topological polar surface area (TPSA) is 32.3 Å². The van der Waals surface area contributed by atoms with Crippen LogP contribution >= 0.6 is 0 Å². The molecule has 0 spiro atoms. The molecule has 1 atom stereocenters. The molecule has 0 aliphatic heterocycles. The highest BCUT2D eigenvalue weighted by molar-refractivity contribution is 5.86. The maximum Gasteiger partial charge on any atom is 0.0615 e. The third kappa shape index (κ3) is 3.80. The molecule has 0 heterocycles. The van der Waals surface area contributed by atoms with E-state index in [2.05, 4.69) is 54.7 Å². The lowest BCUT2D eigenvalue weighted by molar-refractivity contribution is 0.343. The quantitative estimate of drug-likeness (QED) is 0.784. The molecule has 0 saturated carbocycles. The Morgan fingerprint density at radius 1 is 1.05 bits per heavy atom. The van der Waals surface area contributed by atoms with E-state index in [0.717, 1.165) is 6.54 Å². The highest BCUT2D eigenvalue weighted by atomic mass is 16.2. The Balaban J connectivity index is 2.02. The van der Waals surface area contributed by atoms with Gasteiger partial charge in [-0.05, 0) is 23.3 Å². The summed E-state index contributed by atoms with van der Waals surface area (Å²) in [5, 5.41) is 14.7. The summed E-state index contributed by atoms with van der Waals surface area (Å²) in [6.07, 6.45) is 7.56. The van der Waals surface area contributed by atoms with E-state index < -0.39 is 0 Å². The van der Waals surface area contributed by atoms with Crippen LogP contribution in [0.2, 0.25) is 0 Å². The summed E-state index contributed by atoms with van der Waals surface area (Å²) in [5.74, 6) is 0. The zero-order valence-electron chi connectivity index (χ0n) is 11.8. The molecule has 0 bridgehead atoms. The van der Waals surface area contributed by atoms with Crippen LogP contribution in [0.25, 0.3) is 10.8 Å². The molecule has 0 aliphatic rings. The fourth-order valence-corrected chi connectivity index (χ4v) is 2.27. The second kappa shape index (κ2) is 7.63. The van der Waals surface area contributed by atoms with Gasteiger partial charge in [0, 0.05) is 12.6 Å². The van der Waals surface area contributed by atoms with Crippen LogP contribution in [-0.4, -0.2) is 18.3 Å². The summed E-state index contributed by atoms with van der Waals surface area (Å²) in [5.41, 5.74) is 1.32. The van der Waals surface area contributed by atoms with Crippen molar-refractivity contribution in [3.63, 3.8) is 0 Å². The smallest absolute Gasteiger partial charge is 0.0615 e. The zero-order valence-corrected chi connectivity index (χ0v) is 11.8. The van der Waals surface area contributed by atoms with Crippen LogP contribution in [-0.2, 0) is 0 Å². The average Bonchev–Trinajstić information content (AvgIpc) is 2.50. The van der Waals surface area contributed by atoms with Gasteiger partial charge in [0.15, 0.2) is 0 Å². The first-order valence-corrected chi connectivity index (χ1v) is 6.96. The van der Waals surface area contributed by atoms with Crippen molar-refractivity contribution in [3.05, 3.63) is 72.3 Å². The van der Waals surface area contributed by atoms with Gasteiger partial charge in [0.25, 0.3) is 0 Å². The van der Waals surface area contributed by atoms with Gasteiger partial charge in [-0.1, -0.05) is 66.8 Å². The Hall–Kier alpha value is -1.90. The minimum Gasteiger partial charge on any atom is -0.392 e. The Kier molecular flexibility index (Phi) is 5.54. The van der Waals surface area contributed by atoms with E-state index in [1.54, 1.807) is 6.08 Å². The van der Waals surface area contributed by atoms with E-state index in [1.165, 1.54) is 16.3 Å². The van der Waals surface area contributed by atoms with Crippen LogP contribution in [0.15, 0.2) is 66.8 Å². The Morgan fingerprint density at radius 3 is 2.65 bits per heavy atom. The summed E-state index contributed by atoms with van der Waals surface area (Å²) >= 11 is 0. The lowest BCUT2D eigenvalue weighted by Gasteiger charge is -2.15. The van der Waals surface area contributed by atoms with Gasteiger partial charge < -0.3 is 10.4 Å². The minimum absolute atomic E-state index is 0.0875. The molecule has 0 fully saturated rings. The molecular formula is C18H21NO. The first-order chi connectivity index (χ1) is 9.83. The summed E-state index contributed by atoms with van der Waals surface area (Å²) in [4.78, 5) is 0. The van der Waals surface area contributed by atoms with Crippen LogP contribution < -0.4 is 5.32 Å². The van der Waals surface area contributed by atoms with Crippen LogP contribution in [0, 0.1) is 0 Å². The van der Waals surface area contributed by atoms with Crippen molar-refractivity contribution in [2.24, 2.45) is 0 Å². The molecule has 2 aromatic carbocycles. The summed E-state index contributed by atoms with van der Waals surface area (Å²) in [6, 6.07) is 15.2. The van der Waals surface area contributed by atoms with Crippen molar-refractivity contribution in [2.45, 2.75) is 13.0 Å². The number of hydrogen-bond donors (Lipinski definition) is 2. The average molecular weight is 267 g/mol. The number of rotatable bonds is 6. The standard InChI is InChI=1S/C18H21NO/c1-15(19-13-6-2-3-7-14-20)17-12-8-10-16-9-4-5-11-18(16)17/h2-12,15,19-20H,13-14H2,1H3/b6-2+,7-3+/t15-/m1/s1. The second-order valence-corrected chi connectivity index (χ2v) is 4.74. The van der Waals surface area contributed by atoms with Crippen molar-refractivity contribution in [2.75, 3.05) is 13.2 Å². The highest BCUT2D eigenvalue weighted by Gasteiger charge is 2.07. The molecule has 0 unspecified atom stereocenters. The highest BCUT2D eigenvalue weighted by Crippen LogP contribution is 2.23. The van der Waals surface area contributed by atoms with Crippen LogP contribution in [0.3, 0.4) is 0 Å². The first kappa shape index (κ1) is 14.5. The summed E-state index contributed by atoms with van der Waals surface area (Å²) in [6.45, 7) is 3.07. The largest absolute Gasteiger partial charge is 0.392 e. The van der Waals surface area contributed by atoms with Gasteiger partial charge in [-0.15, -0.1) is 0 Å². The van der Waals surface area contributed by atoms with E-state index in [1.807, 2.05) is 18.2 Å². The van der Waals surface area contributed by atoms with Crippen LogP contribution in [0.5, 0.6) is 0 Å². The van der Waals surface area contributed by atoms with Crippen molar-refractivity contribution in [1.82, 2.24) is 5.32 Å². The zero-order chi connectivity index (χ0) is 14.2. The van der Waals surface area contributed by atoms with Gasteiger partial charge in [-0.3, -0.25) is 0 Å².